The first-order valence-corrected chi connectivity index (χ1v) is 5.78. The maximum atomic E-state index is 11.6. The van der Waals surface area contributed by atoms with Gasteiger partial charge in [0.2, 0.25) is 0 Å². The van der Waals surface area contributed by atoms with Crippen molar-refractivity contribution in [1.29, 1.82) is 0 Å². The van der Waals surface area contributed by atoms with Crippen molar-refractivity contribution in [3.8, 4) is 0 Å². The van der Waals surface area contributed by atoms with Crippen molar-refractivity contribution in [2.45, 2.75) is 33.7 Å². The van der Waals surface area contributed by atoms with Crippen LogP contribution in [-0.2, 0) is 9.53 Å². The van der Waals surface area contributed by atoms with Crippen LogP contribution in [0.25, 0.3) is 0 Å². The van der Waals surface area contributed by atoms with Gasteiger partial charge in [0.05, 0.1) is 6.61 Å². The lowest BCUT2D eigenvalue weighted by molar-refractivity contribution is -0.145. The summed E-state index contributed by atoms with van der Waals surface area (Å²) in [5.74, 6) is 0.239. The van der Waals surface area contributed by atoms with Gasteiger partial charge in [-0.15, -0.1) is 0 Å². The number of carbonyl (C=O) groups is 1. The van der Waals surface area contributed by atoms with Crippen molar-refractivity contribution in [1.82, 2.24) is 4.90 Å². The average molecular weight is 223 g/mol. The first kappa shape index (κ1) is 12.8. The Balaban J connectivity index is 2.44. The highest BCUT2D eigenvalue weighted by atomic mass is 16.5. The number of allylic oxidation sites excluding steroid dienone is 3. The fourth-order valence-corrected chi connectivity index (χ4v) is 1.59. The van der Waals surface area contributed by atoms with Crippen LogP contribution in [-0.4, -0.2) is 30.1 Å². The molecule has 0 saturated carbocycles. The molecule has 1 unspecified atom stereocenters. The Labute approximate surface area is 97.8 Å². The average Bonchev–Trinajstić information content (AvgIpc) is 2.21. The Morgan fingerprint density at radius 1 is 1.56 bits per heavy atom. The summed E-state index contributed by atoms with van der Waals surface area (Å²) in [5, 5.41) is 0. The lowest BCUT2D eigenvalue weighted by Gasteiger charge is -2.31. The molecule has 3 nitrogen and oxygen atoms in total. The van der Waals surface area contributed by atoms with Gasteiger partial charge in [0.25, 0.3) is 0 Å². The van der Waals surface area contributed by atoms with Gasteiger partial charge >= 0.3 is 5.97 Å². The quantitative estimate of drug-likeness (QED) is 0.685. The molecule has 0 aromatic rings. The van der Waals surface area contributed by atoms with E-state index in [0.29, 0.717) is 19.1 Å². The van der Waals surface area contributed by atoms with E-state index in [2.05, 4.69) is 13.0 Å². The zero-order chi connectivity index (χ0) is 12.1. The summed E-state index contributed by atoms with van der Waals surface area (Å²) < 4.78 is 5.17. The van der Waals surface area contributed by atoms with Gasteiger partial charge in [0, 0.05) is 11.7 Å². The highest BCUT2D eigenvalue weighted by Crippen LogP contribution is 2.15. The topological polar surface area (TPSA) is 29.5 Å². The standard InChI is InChI=1S/C13H21NO2/c1-10(2)9-16-13(15)8-14-11(3)6-5-7-12(14)4/h5-7,10-11H,8-9H2,1-4H3. The van der Waals surface area contributed by atoms with E-state index < -0.39 is 0 Å². The lowest BCUT2D eigenvalue weighted by Crippen LogP contribution is -2.37. The summed E-state index contributed by atoms with van der Waals surface area (Å²) in [6, 6.07) is 0.261. The van der Waals surface area contributed by atoms with Crippen molar-refractivity contribution in [2.24, 2.45) is 5.92 Å². The molecule has 0 N–H and O–H groups in total. The Bertz CT molecular complexity index is 305. The van der Waals surface area contributed by atoms with Crippen LogP contribution >= 0.6 is 0 Å². The minimum Gasteiger partial charge on any atom is -0.464 e. The third-order valence-corrected chi connectivity index (χ3v) is 2.55. The molecule has 0 bridgehead atoms. The van der Waals surface area contributed by atoms with Crippen LogP contribution in [0.1, 0.15) is 27.7 Å². The molecule has 1 heterocycles. The van der Waals surface area contributed by atoms with E-state index in [1.165, 1.54) is 0 Å². The molecule has 3 heteroatoms. The maximum Gasteiger partial charge on any atom is 0.325 e. The molecule has 0 amide bonds. The minimum absolute atomic E-state index is 0.149. The Morgan fingerprint density at radius 2 is 2.25 bits per heavy atom. The normalized spacial score (nSPS) is 19.9. The van der Waals surface area contributed by atoms with E-state index in [4.69, 9.17) is 4.74 Å². The number of rotatable bonds is 4. The van der Waals surface area contributed by atoms with E-state index in [0.717, 1.165) is 5.70 Å². The summed E-state index contributed by atoms with van der Waals surface area (Å²) in [5.41, 5.74) is 1.11. The molecule has 1 atom stereocenters. The van der Waals surface area contributed by atoms with Gasteiger partial charge in [-0.1, -0.05) is 26.0 Å². The van der Waals surface area contributed by atoms with Crippen LogP contribution in [0, 0.1) is 5.92 Å². The van der Waals surface area contributed by atoms with Crippen molar-refractivity contribution < 1.29 is 9.53 Å². The number of hydrogen-bond acceptors (Lipinski definition) is 3. The number of nitrogens with zero attached hydrogens (tertiary/aromatic N) is 1. The molecule has 0 aromatic carbocycles. The molecule has 1 aliphatic rings. The van der Waals surface area contributed by atoms with Gasteiger partial charge < -0.3 is 9.64 Å². The number of hydrogen-bond donors (Lipinski definition) is 0. The molecule has 0 radical (unpaired) electrons. The highest BCUT2D eigenvalue weighted by molar-refractivity contribution is 5.72. The van der Waals surface area contributed by atoms with Gasteiger partial charge in [-0.05, 0) is 25.8 Å². The van der Waals surface area contributed by atoms with Gasteiger partial charge in [0.1, 0.15) is 6.54 Å². The summed E-state index contributed by atoms with van der Waals surface area (Å²) in [6.45, 7) is 8.98. The molecule has 1 rings (SSSR count). The van der Waals surface area contributed by atoms with Crippen LogP contribution in [0.2, 0.25) is 0 Å². The van der Waals surface area contributed by atoms with Crippen molar-refractivity contribution in [2.75, 3.05) is 13.2 Å². The van der Waals surface area contributed by atoms with Crippen LogP contribution < -0.4 is 0 Å². The molecule has 16 heavy (non-hydrogen) atoms. The zero-order valence-electron chi connectivity index (χ0n) is 10.6. The van der Waals surface area contributed by atoms with Gasteiger partial charge in [-0.2, -0.15) is 0 Å². The second-order valence-electron chi connectivity index (χ2n) is 4.64. The predicted octanol–water partition coefficient (Wildman–Crippen LogP) is 2.35. The number of ether oxygens (including phenoxy) is 1. The number of esters is 1. The van der Waals surface area contributed by atoms with Crippen LogP contribution in [0.4, 0.5) is 0 Å². The fourth-order valence-electron chi connectivity index (χ4n) is 1.59. The lowest BCUT2D eigenvalue weighted by atomic mass is 10.1. The molecule has 90 valence electrons. The van der Waals surface area contributed by atoms with E-state index in [1.807, 2.05) is 37.8 Å². The highest BCUT2D eigenvalue weighted by Gasteiger charge is 2.18. The summed E-state index contributed by atoms with van der Waals surface area (Å²) in [6.07, 6.45) is 6.11. The molecular weight excluding hydrogens is 202 g/mol. The van der Waals surface area contributed by atoms with Crippen LogP contribution in [0.15, 0.2) is 23.9 Å². The van der Waals surface area contributed by atoms with Gasteiger partial charge in [0.15, 0.2) is 0 Å². The van der Waals surface area contributed by atoms with Crippen LogP contribution in [0.3, 0.4) is 0 Å². The molecule has 0 saturated heterocycles. The molecular formula is C13H21NO2. The monoisotopic (exact) mass is 223 g/mol. The summed E-state index contributed by atoms with van der Waals surface area (Å²) in [4.78, 5) is 13.6. The molecule has 1 aliphatic heterocycles. The van der Waals surface area contributed by atoms with Crippen LogP contribution in [0.5, 0.6) is 0 Å². The fraction of sp³-hybridized carbons (Fsp3) is 0.615. The molecule has 0 spiro atoms. The maximum absolute atomic E-state index is 11.6. The van der Waals surface area contributed by atoms with E-state index in [-0.39, 0.29) is 12.0 Å². The van der Waals surface area contributed by atoms with Gasteiger partial charge in [-0.3, -0.25) is 4.79 Å². The first-order chi connectivity index (χ1) is 7.50. The van der Waals surface area contributed by atoms with Crippen molar-refractivity contribution in [3.05, 3.63) is 23.9 Å². The van der Waals surface area contributed by atoms with E-state index in [9.17, 15) is 4.79 Å². The summed E-state index contributed by atoms with van der Waals surface area (Å²) >= 11 is 0. The Kier molecular flexibility index (Phi) is 4.59. The smallest absolute Gasteiger partial charge is 0.325 e. The second kappa shape index (κ2) is 5.73. The molecule has 0 fully saturated rings. The third kappa shape index (κ3) is 3.72. The largest absolute Gasteiger partial charge is 0.464 e. The third-order valence-electron chi connectivity index (χ3n) is 2.55. The Morgan fingerprint density at radius 3 is 2.81 bits per heavy atom. The predicted molar refractivity (Wildman–Crippen MR) is 64.9 cm³/mol. The summed E-state index contributed by atoms with van der Waals surface area (Å²) in [7, 11) is 0. The second-order valence-corrected chi connectivity index (χ2v) is 4.64. The van der Waals surface area contributed by atoms with E-state index >= 15 is 0 Å². The zero-order valence-corrected chi connectivity index (χ0v) is 10.6. The SMILES string of the molecule is CC1=CC=CC(C)N1CC(=O)OCC(C)C. The number of carbonyl (C=O) groups excluding carboxylic acids is 1. The Hall–Kier alpha value is -1.25. The first-order valence-electron chi connectivity index (χ1n) is 5.78. The molecule has 0 aromatic heterocycles. The van der Waals surface area contributed by atoms with Crippen molar-refractivity contribution >= 4 is 5.97 Å². The van der Waals surface area contributed by atoms with E-state index in [1.54, 1.807) is 0 Å². The minimum atomic E-state index is -0.149. The van der Waals surface area contributed by atoms with Crippen molar-refractivity contribution in [3.63, 3.8) is 0 Å². The van der Waals surface area contributed by atoms with Gasteiger partial charge in [-0.25, -0.2) is 0 Å². The molecule has 0 aliphatic carbocycles.